The number of amides is 1. The fourth-order valence-electron chi connectivity index (χ4n) is 0.935. The SMILES string of the molecule is NC(=O)CCCON=C([C]=O)c1csc(N)n1. The minimum absolute atomic E-state index is 0.0583. The van der Waals surface area contributed by atoms with Crippen molar-refractivity contribution in [2.75, 3.05) is 12.3 Å². The maximum Gasteiger partial charge on any atom is 0.259 e. The summed E-state index contributed by atoms with van der Waals surface area (Å²) in [7, 11) is 0. The third-order valence-corrected chi connectivity index (χ3v) is 2.35. The standard InChI is InChI=1S/C9H11N4O3S/c10-8(15)2-1-3-16-13-6(4-14)7-5-17-9(11)12-7/h5H,1-3H2,(H2,10,15)(H2,11,12). The number of nitrogen functional groups attached to an aromatic ring is 1. The molecule has 0 aliphatic heterocycles. The van der Waals surface area contributed by atoms with Gasteiger partial charge >= 0.3 is 0 Å². The minimum Gasteiger partial charge on any atom is -0.395 e. The first-order chi connectivity index (χ1) is 8.13. The van der Waals surface area contributed by atoms with Crippen molar-refractivity contribution in [3.8, 4) is 0 Å². The van der Waals surface area contributed by atoms with Gasteiger partial charge in [0.2, 0.25) is 5.91 Å². The van der Waals surface area contributed by atoms with Crippen LogP contribution in [0.3, 0.4) is 0 Å². The van der Waals surface area contributed by atoms with Gasteiger partial charge in [0, 0.05) is 11.8 Å². The molecule has 91 valence electrons. The van der Waals surface area contributed by atoms with Crippen molar-refractivity contribution in [2.45, 2.75) is 12.8 Å². The van der Waals surface area contributed by atoms with E-state index in [1.165, 1.54) is 11.3 Å². The summed E-state index contributed by atoms with van der Waals surface area (Å²) in [5, 5.41) is 5.46. The Morgan fingerprint density at radius 1 is 1.65 bits per heavy atom. The van der Waals surface area contributed by atoms with Crippen molar-refractivity contribution in [2.24, 2.45) is 10.9 Å². The van der Waals surface area contributed by atoms with Crippen molar-refractivity contribution in [3.63, 3.8) is 0 Å². The van der Waals surface area contributed by atoms with Gasteiger partial charge < -0.3 is 16.3 Å². The fraction of sp³-hybridized carbons (Fsp3) is 0.333. The number of anilines is 1. The Balaban J connectivity index is 2.45. The maximum absolute atomic E-state index is 10.6. The average molecular weight is 255 g/mol. The molecule has 0 aromatic carbocycles. The lowest BCUT2D eigenvalue weighted by Gasteiger charge is -1.98. The van der Waals surface area contributed by atoms with Gasteiger partial charge in [0.05, 0.1) is 0 Å². The van der Waals surface area contributed by atoms with Crippen molar-refractivity contribution < 1.29 is 14.4 Å². The fourth-order valence-corrected chi connectivity index (χ4v) is 1.48. The molecule has 1 radical (unpaired) electrons. The molecule has 0 aliphatic rings. The number of nitrogens with two attached hydrogens (primary N) is 2. The minimum atomic E-state index is -0.410. The lowest BCUT2D eigenvalue weighted by Crippen LogP contribution is -2.11. The molecule has 1 amide bonds. The lowest BCUT2D eigenvalue weighted by molar-refractivity contribution is -0.118. The molecule has 0 fully saturated rings. The van der Waals surface area contributed by atoms with Crippen LogP contribution in [0.2, 0.25) is 0 Å². The molecule has 0 spiro atoms. The van der Waals surface area contributed by atoms with Gasteiger partial charge in [-0.15, -0.1) is 11.3 Å². The smallest absolute Gasteiger partial charge is 0.259 e. The van der Waals surface area contributed by atoms with E-state index in [0.29, 0.717) is 17.2 Å². The van der Waals surface area contributed by atoms with E-state index in [4.69, 9.17) is 16.3 Å². The quantitative estimate of drug-likeness (QED) is 0.398. The first-order valence-electron chi connectivity index (χ1n) is 4.71. The van der Waals surface area contributed by atoms with Crippen LogP contribution in [0.5, 0.6) is 0 Å². The lowest BCUT2D eigenvalue weighted by atomic mass is 10.3. The summed E-state index contributed by atoms with van der Waals surface area (Å²) in [6.07, 6.45) is 2.25. The molecule has 1 aromatic rings. The van der Waals surface area contributed by atoms with Crippen LogP contribution in [0.4, 0.5) is 5.13 Å². The Hall–Kier alpha value is -1.96. The van der Waals surface area contributed by atoms with E-state index >= 15 is 0 Å². The normalized spacial score (nSPS) is 11.2. The number of aromatic nitrogens is 1. The molecule has 1 aromatic heterocycles. The summed E-state index contributed by atoms with van der Waals surface area (Å²) in [6.45, 7) is 0.188. The summed E-state index contributed by atoms with van der Waals surface area (Å²) in [5.74, 6) is -0.410. The molecule has 0 saturated carbocycles. The third-order valence-electron chi connectivity index (χ3n) is 1.68. The van der Waals surface area contributed by atoms with Crippen LogP contribution in [0.1, 0.15) is 18.5 Å². The molecule has 0 bridgehead atoms. The van der Waals surface area contributed by atoms with Crippen molar-refractivity contribution in [1.29, 1.82) is 0 Å². The summed E-state index contributed by atoms with van der Waals surface area (Å²) < 4.78 is 0. The van der Waals surface area contributed by atoms with Crippen LogP contribution in [-0.2, 0) is 14.4 Å². The van der Waals surface area contributed by atoms with Gasteiger partial charge in [-0.25, -0.2) is 4.98 Å². The molecular weight excluding hydrogens is 244 g/mol. The Morgan fingerprint density at radius 3 is 2.94 bits per heavy atom. The van der Waals surface area contributed by atoms with E-state index in [-0.39, 0.29) is 18.7 Å². The van der Waals surface area contributed by atoms with E-state index in [0.717, 1.165) is 0 Å². The zero-order valence-electron chi connectivity index (χ0n) is 8.88. The highest BCUT2D eigenvalue weighted by molar-refractivity contribution is 7.13. The Morgan fingerprint density at radius 2 is 2.41 bits per heavy atom. The summed E-state index contributed by atoms with van der Waals surface area (Å²) in [6, 6.07) is 0. The molecule has 4 N–H and O–H groups in total. The van der Waals surface area contributed by atoms with E-state index in [2.05, 4.69) is 10.1 Å². The largest absolute Gasteiger partial charge is 0.395 e. The second kappa shape index (κ2) is 6.59. The van der Waals surface area contributed by atoms with E-state index in [1.54, 1.807) is 11.7 Å². The van der Waals surface area contributed by atoms with Crippen LogP contribution in [0, 0.1) is 0 Å². The zero-order valence-corrected chi connectivity index (χ0v) is 9.70. The highest BCUT2D eigenvalue weighted by Gasteiger charge is 2.08. The van der Waals surface area contributed by atoms with E-state index in [1.807, 2.05) is 0 Å². The molecule has 0 saturated heterocycles. The van der Waals surface area contributed by atoms with Gasteiger partial charge in [0.15, 0.2) is 10.8 Å². The first kappa shape index (κ1) is 13.1. The maximum atomic E-state index is 10.6. The second-order valence-electron chi connectivity index (χ2n) is 3.02. The van der Waals surface area contributed by atoms with Gasteiger partial charge in [-0.2, -0.15) is 0 Å². The number of hydrogen-bond acceptors (Lipinski definition) is 7. The zero-order chi connectivity index (χ0) is 12.7. The molecule has 1 rings (SSSR count). The van der Waals surface area contributed by atoms with Gasteiger partial charge in [-0.3, -0.25) is 9.59 Å². The number of hydrogen-bond donors (Lipinski definition) is 2. The number of rotatable bonds is 7. The second-order valence-corrected chi connectivity index (χ2v) is 3.91. The average Bonchev–Trinajstić information content (AvgIpc) is 2.70. The summed E-state index contributed by atoms with van der Waals surface area (Å²) in [4.78, 5) is 29.7. The number of nitrogens with zero attached hydrogens (tertiary/aromatic N) is 2. The first-order valence-corrected chi connectivity index (χ1v) is 5.59. The molecule has 17 heavy (non-hydrogen) atoms. The molecule has 8 heteroatoms. The Bertz CT molecular complexity index is 430. The number of carbonyl (C=O) groups is 1. The monoisotopic (exact) mass is 255 g/mol. The van der Waals surface area contributed by atoms with Crippen molar-refractivity contribution in [3.05, 3.63) is 11.1 Å². The van der Waals surface area contributed by atoms with Crippen LogP contribution in [0.25, 0.3) is 0 Å². The van der Waals surface area contributed by atoms with Gasteiger partial charge in [-0.1, -0.05) is 5.16 Å². The molecule has 1 heterocycles. The van der Waals surface area contributed by atoms with Gasteiger partial charge in [-0.05, 0) is 6.42 Å². The van der Waals surface area contributed by atoms with Crippen molar-refractivity contribution >= 4 is 34.4 Å². The molecule has 0 aliphatic carbocycles. The third kappa shape index (κ3) is 4.60. The van der Waals surface area contributed by atoms with E-state index in [9.17, 15) is 9.59 Å². The number of thiazole rings is 1. The van der Waals surface area contributed by atoms with Crippen LogP contribution in [-0.4, -0.2) is 29.5 Å². The number of primary amides is 1. The predicted octanol–water partition coefficient (Wildman–Crippen LogP) is -0.179. The van der Waals surface area contributed by atoms with Crippen LogP contribution in [0.15, 0.2) is 10.5 Å². The topological polar surface area (TPSA) is 121 Å². The summed E-state index contributed by atoms with van der Waals surface area (Å²) >= 11 is 1.19. The van der Waals surface area contributed by atoms with Crippen LogP contribution >= 0.6 is 11.3 Å². The van der Waals surface area contributed by atoms with Gasteiger partial charge in [0.1, 0.15) is 12.3 Å². The van der Waals surface area contributed by atoms with Crippen LogP contribution < -0.4 is 11.5 Å². The summed E-state index contributed by atoms with van der Waals surface area (Å²) in [5.41, 5.74) is 10.6. The Kier molecular flexibility index (Phi) is 5.08. The molecule has 7 nitrogen and oxygen atoms in total. The highest BCUT2D eigenvalue weighted by Crippen LogP contribution is 2.11. The van der Waals surface area contributed by atoms with Crippen molar-refractivity contribution in [1.82, 2.24) is 4.98 Å². The molecule has 0 unspecified atom stereocenters. The van der Waals surface area contributed by atoms with Gasteiger partial charge in [0.25, 0.3) is 6.29 Å². The van der Waals surface area contributed by atoms with E-state index < -0.39 is 5.91 Å². The highest BCUT2D eigenvalue weighted by atomic mass is 32.1. The predicted molar refractivity (Wildman–Crippen MR) is 63.1 cm³/mol. The molecule has 0 atom stereocenters. The Labute approximate surface area is 101 Å². The number of oxime groups is 1. The number of carbonyl (C=O) groups excluding carboxylic acids is 2. The molecular formula is C9H11N4O3S.